The molecule has 0 saturated heterocycles. The van der Waals surface area contributed by atoms with Gasteiger partial charge in [-0.2, -0.15) is 0 Å². The van der Waals surface area contributed by atoms with Crippen molar-refractivity contribution in [2.75, 3.05) is 6.61 Å². The Hall–Kier alpha value is -1.51. The van der Waals surface area contributed by atoms with Crippen LogP contribution in [0.4, 0.5) is 0 Å². The highest BCUT2D eigenvalue weighted by atomic mass is 35.5. The average Bonchev–Trinajstić information content (AvgIpc) is 2.85. The van der Waals surface area contributed by atoms with Crippen LogP contribution in [0.25, 0.3) is 0 Å². The fourth-order valence-corrected chi connectivity index (χ4v) is 2.68. The number of hydrogen-bond acceptors (Lipinski definition) is 2. The number of aliphatic hydroxyl groups is 1. The van der Waals surface area contributed by atoms with Crippen LogP contribution in [0, 0.1) is 6.92 Å². The van der Waals surface area contributed by atoms with E-state index in [0.717, 1.165) is 28.9 Å². The lowest BCUT2D eigenvalue weighted by Crippen LogP contribution is -2.02. The predicted molar refractivity (Wildman–Crippen MR) is 75.9 cm³/mol. The maximum atomic E-state index is 10.5. The first-order valence-electron chi connectivity index (χ1n) is 6.35. The third kappa shape index (κ3) is 2.34. The Morgan fingerprint density at radius 2 is 1.95 bits per heavy atom. The molecule has 1 N–H and O–H groups in total. The van der Waals surface area contributed by atoms with Crippen molar-refractivity contribution >= 4 is 11.6 Å². The molecule has 98 valence electrons. The fraction of sp³-hybridized carbons (Fsp3) is 0.250. The van der Waals surface area contributed by atoms with Crippen molar-refractivity contribution in [1.29, 1.82) is 0 Å². The molecule has 3 heteroatoms. The lowest BCUT2D eigenvalue weighted by molar-refractivity contribution is 0.213. The van der Waals surface area contributed by atoms with E-state index in [0.29, 0.717) is 11.6 Å². The van der Waals surface area contributed by atoms with Crippen molar-refractivity contribution in [3.05, 3.63) is 63.7 Å². The number of fused-ring (bicyclic) bond motifs is 1. The van der Waals surface area contributed by atoms with Crippen molar-refractivity contribution in [2.45, 2.75) is 19.4 Å². The molecule has 0 bridgehead atoms. The van der Waals surface area contributed by atoms with E-state index < -0.39 is 6.10 Å². The summed E-state index contributed by atoms with van der Waals surface area (Å²) in [5.74, 6) is 0.789. The molecule has 3 rings (SSSR count). The molecule has 2 nitrogen and oxygen atoms in total. The van der Waals surface area contributed by atoms with E-state index in [4.69, 9.17) is 16.3 Å². The van der Waals surface area contributed by atoms with Gasteiger partial charge in [0.2, 0.25) is 0 Å². The zero-order valence-electron chi connectivity index (χ0n) is 10.7. The third-order valence-electron chi connectivity index (χ3n) is 3.46. The Morgan fingerprint density at radius 3 is 2.68 bits per heavy atom. The van der Waals surface area contributed by atoms with E-state index >= 15 is 0 Å². The smallest absolute Gasteiger partial charge is 0.128 e. The van der Waals surface area contributed by atoms with Crippen LogP contribution in [0.1, 0.15) is 28.4 Å². The first kappa shape index (κ1) is 12.5. The summed E-state index contributed by atoms with van der Waals surface area (Å²) in [5, 5.41) is 11.2. The van der Waals surface area contributed by atoms with Crippen LogP contribution in [-0.2, 0) is 6.42 Å². The SMILES string of the molecule is Cc1ccc(C(O)c2cc(Cl)cc3c2OCC3)cc1. The summed E-state index contributed by atoms with van der Waals surface area (Å²) < 4.78 is 5.63. The van der Waals surface area contributed by atoms with Crippen LogP contribution >= 0.6 is 11.6 Å². The second-order valence-corrected chi connectivity index (χ2v) is 5.33. The fourth-order valence-electron chi connectivity index (χ4n) is 2.43. The van der Waals surface area contributed by atoms with Crippen molar-refractivity contribution in [2.24, 2.45) is 0 Å². The molecule has 1 aliphatic rings. The number of ether oxygens (including phenoxy) is 1. The highest BCUT2D eigenvalue weighted by molar-refractivity contribution is 6.30. The Kier molecular flexibility index (Phi) is 3.21. The van der Waals surface area contributed by atoms with Crippen molar-refractivity contribution in [3.8, 4) is 5.75 Å². The first-order chi connectivity index (χ1) is 9.15. The summed E-state index contributed by atoms with van der Waals surface area (Å²) in [6.45, 7) is 2.68. The van der Waals surface area contributed by atoms with Gasteiger partial charge in [0.1, 0.15) is 11.9 Å². The molecule has 0 aromatic heterocycles. The maximum absolute atomic E-state index is 10.5. The van der Waals surface area contributed by atoms with Gasteiger partial charge in [-0.05, 0) is 30.2 Å². The normalized spacial score (nSPS) is 14.9. The molecule has 0 aliphatic carbocycles. The Morgan fingerprint density at radius 1 is 1.21 bits per heavy atom. The van der Waals surface area contributed by atoms with E-state index in [9.17, 15) is 5.11 Å². The van der Waals surface area contributed by atoms with E-state index in [1.807, 2.05) is 37.3 Å². The van der Waals surface area contributed by atoms with Gasteiger partial charge in [0, 0.05) is 17.0 Å². The zero-order chi connectivity index (χ0) is 13.4. The minimum atomic E-state index is -0.703. The number of aryl methyl sites for hydroxylation is 1. The lowest BCUT2D eigenvalue weighted by atomic mass is 9.97. The average molecular weight is 275 g/mol. The largest absolute Gasteiger partial charge is 0.493 e. The molecule has 0 saturated carbocycles. The minimum Gasteiger partial charge on any atom is -0.493 e. The standard InChI is InChI=1S/C16H15ClO2/c1-10-2-4-11(5-3-10)15(18)14-9-13(17)8-12-6-7-19-16(12)14/h2-5,8-9,15,18H,6-7H2,1H3. The summed E-state index contributed by atoms with van der Waals surface area (Å²) in [7, 11) is 0. The van der Waals surface area contributed by atoms with Crippen molar-refractivity contribution < 1.29 is 9.84 Å². The van der Waals surface area contributed by atoms with Gasteiger partial charge in [-0.1, -0.05) is 41.4 Å². The summed E-state index contributed by atoms with van der Waals surface area (Å²) in [5.41, 5.74) is 3.85. The molecular weight excluding hydrogens is 260 g/mol. The van der Waals surface area contributed by atoms with Crippen LogP contribution in [0.5, 0.6) is 5.75 Å². The Bertz CT molecular complexity index is 605. The quantitative estimate of drug-likeness (QED) is 0.905. The van der Waals surface area contributed by atoms with Crippen LogP contribution in [0.2, 0.25) is 5.02 Å². The third-order valence-corrected chi connectivity index (χ3v) is 3.68. The second-order valence-electron chi connectivity index (χ2n) is 4.89. The topological polar surface area (TPSA) is 29.5 Å². The number of benzene rings is 2. The van der Waals surface area contributed by atoms with Crippen LogP contribution in [0.15, 0.2) is 36.4 Å². The lowest BCUT2D eigenvalue weighted by Gasteiger charge is -2.15. The molecule has 0 amide bonds. The van der Waals surface area contributed by atoms with Gasteiger partial charge in [0.15, 0.2) is 0 Å². The summed E-state index contributed by atoms with van der Waals surface area (Å²) in [4.78, 5) is 0. The van der Waals surface area contributed by atoms with Gasteiger partial charge in [-0.25, -0.2) is 0 Å². The molecule has 19 heavy (non-hydrogen) atoms. The van der Waals surface area contributed by atoms with Gasteiger partial charge < -0.3 is 9.84 Å². The number of hydrogen-bond donors (Lipinski definition) is 1. The highest BCUT2D eigenvalue weighted by Crippen LogP contribution is 2.38. The molecule has 2 aromatic carbocycles. The van der Waals surface area contributed by atoms with Gasteiger partial charge in [-0.3, -0.25) is 0 Å². The molecule has 0 radical (unpaired) electrons. The summed E-state index contributed by atoms with van der Waals surface area (Å²) in [6, 6.07) is 11.5. The van der Waals surface area contributed by atoms with Crippen LogP contribution in [-0.4, -0.2) is 11.7 Å². The number of halogens is 1. The maximum Gasteiger partial charge on any atom is 0.128 e. The van der Waals surface area contributed by atoms with Gasteiger partial charge in [-0.15, -0.1) is 0 Å². The summed E-state index contributed by atoms with van der Waals surface area (Å²) in [6.07, 6.45) is 0.148. The van der Waals surface area contributed by atoms with E-state index in [1.54, 1.807) is 6.07 Å². The van der Waals surface area contributed by atoms with E-state index in [-0.39, 0.29) is 0 Å². The minimum absolute atomic E-state index is 0.644. The van der Waals surface area contributed by atoms with Crippen molar-refractivity contribution in [3.63, 3.8) is 0 Å². The number of rotatable bonds is 2. The van der Waals surface area contributed by atoms with Crippen molar-refractivity contribution in [1.82, 2.24) is 0 Å². The van der Waals surface area contributed by atoms with E-state index in [1.165, 1.54) is 5.56 Å². The molecule has 1 atom stereocenters. The Balaban J connectivity index is 2.04. The van der Waals surface area contributed by atoms with Crippen LogP contribution in [0.3, 0.4) is 0 Å². The second kappa shape index (κ2) is 4.87. The van der Waals surface area contributed by atoms with Gasteiger partial charge >= 0.3 is 0 Å². The number of aliphatic hydroxyl groups excluding tert-OH is 1. The monoisotopic (exact) mass is 274 g/mol. The summed E-state index contributed by atoms with van der Waals surface area (Å²) >= 11 is 6.12. The van der Waals surface area contributed by atoms with E-state index in [2.05, 4.69) is 0 Å². The first-order valence-corrected chi connectivity index (χ1v) is 6.72. The predicted octanol–water partition coefficient (Wildman–Crippen LogP) is 3.67. The molecule has 2 aromatic rings. The molecule has 1 aliphatic heterocycles. The molecular formula is C16H15ClO2. The Labute approximate surface area is 117 Å². The van der Waals surface area contributed by atoms with Crippen LogP contribution < -0.4 is 4.74 Å². The molecule has 1 heterocycles. The highest BCUT2D eigenvalue weighted by Gasteiger charge is 2.23. The van der Waals surface area contributed by atoms with Gasteiger partial charge in [0.05, 0.1) is 6.61 Å². The molecule has 0 spiro atoms. The molecule has 1 unspecified atom stereocenters. The van der Waals surface area contributed by atoms with Gasteiger partial charge in [0.25, 0.3) is 0 Å². The molecule has 0 fully saturated rings. The zero-order valence-corrected chi connectivity index (χ0v) is 11.4.